The van der Waals surface area contributed by atoms with Gasteiger partial charge in [-0.1, -0.05) is 54.1 Å². The van der Waals surface area contributed by atoms with Crippen molar-refractivity contribution in [2.75, 3.05) is 18.5 Å². The number of halogens is 1. The Hall–Kier alpha value is -4.62. The van der Waals surface area contributed by atoms with Crippen LogP contribution in [-0.4, -0.2) is 33.6 Å². The summed E-state index contributed by atoms with van der Waals surface area (Å²) in [5.41, 5.74) is 2.72. The van der Waals surface area contributed by atoms with E-state index in [-0.39, 0.29) is 11.6 Å². The smallest absolute Gasteiger partial charge is 0.322 e. The number of nitrogens with one attached hydrogen (secondary N) is 1. The van der Waals surface area contributed by atoms with Crippen molar-refractivity contribution in [3.63, 3.8) is 0 Å². The number of carbonyl (C=O) groups is 1. The van der Waals surface area contributed by atoms with Crippen LogP contribution in [0.4, 0.5) is 10.5 Å². The van der Waals surface area contributed by atoms with Gasteiger partial charge in [0.15, 0.2) is 0 Å². The highest BCUT2D eigenvalue weighted by Gasteiger charge is 2.27. The predicted molar refractivity (Wildman–Crippen MR) is 164 cm³/mol. The summed E-state index contributed by atoms with van der Waals surface area (Å²) in [4.78, 5) is 34.4. The molecule has 0 spiro atoms. The number of aromatic nitrogens is 2. The molecule has 0 aliphatic heterocycles. The molecule has 0 aliphatic carbocycles. The van der Waals surface area contributed by atoms with Gasteiger partial charge in [0.25, 0.3) is 5.56 Å². The summed E-state index contributed by atoms with van der Waals surface area (Å²) < 4.78 is 7.20. The van der Waals surface area contributed by atoms with Gasteiger partial charge >= 0.3 is 6.03 Å². The lowest BCUT2D eigenvalue weighted by atomic mass is 10.1. The minimum atomic E-state index is -0.560. The van der Waals surface area contributed by atoms with Crippen LogP contribution in [0.2, 0.25) is 5.02 Å². The second-order valence-corrected chi connectivity index (χ2v) is 10.0. The minimum Gasteiger partial charge on any atom is -0.494 e. The monoisotopic (exact) mass is 566 g/mol. The number of hydrogen-bond donors (Lipinski definition) is 1. The maximum atomic E-state index is 13.9. The van der Waals surface area contributed by atoms with Crippen molar-refractivity contribution in [1.29, 1.82) is 0 Å². The van der Waals surface area contributed by atoms with E-state index in [1.54, 1.807) is 39.8 Å². The number of urea groups is 1. The Bertz CT molecular complexity index is 1690. The molecule has 1 heterocycles. The standard InChI is InChI=1S/C33H31ClN4O3/c1-3-41-28-19-17-27(18-20-28)38-31(36-30-12-8-7-11-29(30)32(38)39)23(2)37(22-21-24-9-5-4-6-10-24)33(40)35-26-15-13-25(34)14-16-26/h4-20,23H,3,21-22H2,1-2H3,(H,35,40). The van der Waals surface area contributed by atoms with Gasteiger partial charge in [0, 0.05) is 17.3 Å². The molecular weight excluding hydrogens is 536 g/mol. The van der Waals surface area contributed by atoms with Crippen molar-refractivity contribution in [2.45, 2.75) is 26.3 Å². The Kier molecular flexibility index (Phi) is 8.65. The fourth-order valence-electron chi connectivity index (χ4n) is 4.77. The first-order chi connectivity index (χ1) is 19.9. The Balaban J connectivity index is 1.58. The maximum absolute atomic E-state index is 13.9. The average Bonchev–Trinajstić information content (AvgIpc) is 2.99. The van der Waals surface area contributed by atoms with E-state index in [1.807, 2.05) is 86.6 Å². The number of ether oxygens (including phenoxy) is 1. The fourth-order valence-corrected chi connectivity index (χ4v) is 4.90. The van der Waals surface area contributed by atoms with Crippen LogP contribution in [-0.2, 0) is 6.42 Å². The van der Waals surface area contributed by atoms with Gasteiger partial charge in [0.05, 0.1) is 29.2 Å². The first kappa shape index (κ1) is 27.9. The zero-order valence-electron chi connectivity index (χ0n) is 23.0. The molecule has 0 fully saturated rings. The molecule has 1 aromatic heterocycles. The Morgan fingerprint density at radius 1 is 0.951 bits per heavy atom. The summed E-state index contributed by atoms with van der Waals surface area (Å²) in [5, 5.41) is 4.06. The lowest BCUT2D eigenvalue weighted by Crippen LogP contribution is -2.41. The molecule has 1 atom stereocenters. The molecule has 0 aliphatic rings. The van der Waals surface area contributed by atoms with Crippen molar-refractivity contribution < 1.29 is 9.53 Å². The van der Waals surface area contributed by atoms with Crippen LogP contribution in [0.25, 0.3) is 16.6 Å². The average molecular weight is 567 g/mol. The number of hydrogen-bond acceptors (Lipinski definition) is 4. The highest BCUT2D eigenvalue weighted by atomic mass is 35.5. The van der Waals surface area contributed by atoms with Crippen LogP contribution in [0.5, 0.6) is 5.75 Å². The van der Waals surface area contributed by atoms with E-state index in [2.05, 4.69) is 5.32 Å². The van der Waals surface area contributed by atoms with Gasteiger partial charge in [0.2, 0.25) is 0 Å². The number of anilines is 1. The topological polar surface area (TPSA) is 76.5 Å². The molecule has 1 N–H and O–H groups in total. The molecule has 41 heavy (non-hydrogen) atoms. The lowest BCUT2D eigenvalue weighted by molar-refractivity contribution is 0.190. The molecule has 208 valence electrons. The Labute approximate surface area is 244 Å². The summed E-state index contributed by atoms with van der Waals surface area (Å²) in [6.07, 6.45) is 0.625. The molecule has 0 radical (unpaired) electrons. The van der Waals surface area contributed by atoms with Crippen LogP contribution in [0.1, 0.15) is 31.3 Å². The van der Waals surface area contributed by atoms with Gasteiger partial charge in [-0.3, -0.25) is 9.36 Å². The largest absolute Gasteiger partial charge is 0.494 e. The van der Waals surface area contributed by atoms with Crippen LogP contribution in [0, 0.1) is 0 Å². The van der Waals surface area contributed by atoms with Crippen molar-refractivity contribution in [3.05, 3.63) is 130 Å². The van der Waals surface area contributed by atoms with Crippen molar-refractivity contribution in [2.24, 2.45) is 0 Å². The third-order valence-electron chi connectivity index (χ3n) is 6.89. The zero-order valence-corrected chi connectivity index (χ0v) is 23.7. The van der Waals surface area contributed by atoms with Gasteiger partial charge in [-0.15, -0.1) is 0 Å². The van der Waals surface area contributed by atoms with E-state index in [0.717, 1.165) is 5.56 Å². The molecule has 0 saturated carbocycles. The third-order valence-corrected chi connectivity index (χ3v) is 7.14. The van der Waals surface area contributed by atoms with Gasteiger partial charge in [-0.05, 0) is 86.5 Å². The molecule has 5 rings (SSSR count). The lowest BCUT2D eigenvalue weighted by Gasteiger charge is -2.31. The van der Waals surface area contributed by atoms with E-state index in [9.17, 15) is 9.59 Å². The summed E-state index contributed by atoms with van der Waals surface area (Å²) in [5.74, 6) is 1.16. The van der Waals surface area contributed by atoms with Crippen molar-refractivity contribution in [1.82, 2.24) is 14.5 Å². The fraction of sp³-hybridized carbons (Fsp3) is 0.182. The van der Waals surface area contributed by atoms with E-state index in [4.69, 9.17) is 21.3 Å². The molecule has 5 aromatic rings. The van der Waals surface area contributed by atoms with Gasteiger partial charge in [0.1, 0.15) is 11.6 Å². The number of carbonyl (C=O) groups excluding carboxylic acids is 1. The maximum Gasteiger partial charge on any atom is 0.322 e. The van der Waals surface area contributed by atoms with Gasteiger partial charge < -0.3 is 15.0 Å². The summed E-state index contributed by atoms with van der Waals surface area (Å²) in [7, 11) is 0. The van der Waals surface area contributed by atoms with E-state index in [0.29, 0.717) is 58.4 Å². The number of para-hydroxylation sites is 1. The summed E-state index contributed by atoms with van der Waals surface area (Å²) in [6, 6.07) is 30.7. The molecule has 8 heteroatoms. The van der Waals surface area contributed by atoms with Crippen LogP contribution in [0.3, 0.4) is 0 Å². The minimum absolute atomic E-state index is 0.206. The SMILES string of the molecule is CCOc1ccc(-n2c(C(C)N(CCc3ccccc3)C(=O)Nc3ccc(Cl)cc3)nc3ccccc3c2=O)cc1. The number of nitrogens with zero attached hydrogens (tertiary/aromatic N) is 3. The first-order valence-corrected chi connectivity index (χ1v) is 13.9. The molecule has 0 saturated heterocycles. The molecule has 7 nitrogen and oxygen atoms in total. The highest BCUT2D eigenvalue weighted by Crippen LogP contribution is 2.25. The van der Waals surface area contributed by atoms with Crippen molar-refractivity contribution >= 4 is 34.2 Å². The van der Waals surface area contributed by atoms with E-state index < -0.39 is 6.04 Å². The van der Waals surface area contributed by atoms with E-state index >= 15 is 0 Å². The van der Waals surface area contributed by atoms with Crippen molar-refractivity contribution in [3.8, 4) is 11.4 Å². The van der Waals surface area contributed by atoms with E-state index in [1.165, 1.54) is 0 Å². The first-order valence-electron chi connectivity index (χ1n) is 13.6. The Morgan fingerprint density at radius 2 is 1.63 bits per heavy atom. The van der Waals surface area contributed by atoms with Gasteiger partial charge in [-0.25, -0.2) is 9.78 Å². The van der Waals surface area contributed by atoms with Crippen LogP contribution in [0.15, 0.2) is 108 Å². The molecule has 1 unspecified atom stereocenters. The Morgan fingerprint density at radius 3 is 2.34 bits per heavy atom. The normalized spacial score (nSPS) is 11.7. The molecular formula is C33H31ClN4O3. The number of benzene rings is 4. The molecule has 0 bridgehead atoms. The van der Waals surface area contributed by atoms with Gasteiger partial charge in [-0.2, -0.15) is 0 Å². The highest BCUT2D eigenvalue weighted by molar-refractivity contribution is 6.30. The summed E-state index contributed by atoms with van der Waals surface area (Å²) in [6.45, 7) is 4.76. The number of amides is 2. The second kappa shape index (κ2) is 12.7. The predicted octanol–water partition coefficient (Wildman–Crippen LogP) is 7.28. The summed E-state index contributed by atoms with van der Waals surface area (Å²) >= 11 is 6.05. The molecule has 4 aromatic carbocycles. The third kappa shape index (κ3) is 6.42. The van der Waals surface area contributed by atoms with Crippen LogP contribution < -0.4 is 15.6 Å². The molecule has 2 amide bonds. The quantitative estimate of drug-likeness (QED) is 0.203. The number of rotatable bonds is 9. The number of fused-ring (bicyclic) bond motifs is 1. The second-order valence-electron chi connectivity index (χ2n) is 9.60. The zero-order chi connectivity index (χ0) is 28.8. The van der Waals surface area contributed by atoms with Crippen LogP contribution >= 0.6 is 11.6 Å².